The molecule has 0 spiro atoms. The molecule has 4 heteroatoms. The van der Waals surface area contributed by atoms with Gasteiger partial charge in [-0.1, -0.05) is 49.0 Å². The molecule has 0 amide bonds. The van der Waals surface area contributed by atoms with Crippen molar-refractivity contribution >= 4 is 11.4 Å². The Kier molecular flexibility index (Phi) is 4.44. The van der Waals surface area contributed by atoms with Crippen LogP contribution in [0, 0.1) is 5.92 Å². The van der Waals surface area contributed by atoms with Crippen LogP contribution >= 0.6 is 0 Å². The van der Waals surface area contributed by atoms with Crippen LogP contribution in [0.25, 0.3) is 0 Å². The summed E-state index contributed by atoms with van der Waals surface area (Å²) in [4.78, 5) is 2.23. The first-order valence-electron chi connectivity index (χ1n) is 8.01. The van der Waals surface area contributed by atoms with Gasteiger partial charge in [0, 0.05) is 30.8 Å². The van der Waals surface area contributed by atoms with Gasteiger partial charge in [0.1, 0.15) is 0 Å². The highest BCUT2D eigenvalue weighted by Crippen LogP contribution is 2.31. The predicted molar refractivity (Wildman–Crippen MR) is 84.2 cm³/mol. The maximum absolute atomic E-state index is 10.4. The van der Waals surface area contributed by atoms with Gasteiger partial charge in [-0.3, -0.25) is 0 Å². The fourth-order valence-electron chi connectivity index (χ4n) is 3.74. The Bertz CT molecular complexity index is 509. The molecule has 1 aromatic rings. The number of hydrogen-bond donors (Lipinski definition) is 2. The molecule has 1 heterocycles. The van der Waals surface area contributed by atoms with Gasteiger partial charge < -0.3 is 15.2 Å². The Morgan fingerprint density at radius 3 is 2.76 bits per heavy atom. The topological polar surface area (TPSA) is 56.1 Å². The molecule has 1 unspecified atom stereocenters. The predicted octanol–water partition coefficient (Wildman–Crippen LogP) is 3.02. The molecular formula is C17H24N2O2. The zero-order valence-electron chi connectivity index (χ0n) is 12.4. The third-order valence-electron chi connectivity index (χ3n) is 4.81. The van der Waals surface area contributed by atoms with Crippen LogP contribution in [-0.2, 0) is 0 Å². The van der Waals surface area contributed by atoms with Gasteiger partial charge in [0.25, 0.3) is 0 Å². The monoisotopic (exact) mass is 288 g/mol. The van der Waals surface area contributed by atoms with Crippen LogP contribution in [0.4, 0.5) is 5.69 Å². The first kappa shape index (κ1) is 14.4. The fourth-order valence-corrected chi connectivity index (χ4v) is 3.74. The zero-order valence-corrected chi connectivity index (χ0v) is 12.4. The number of para-hydroxylation sites is 1. The molecule has 1 aliphatic carbocycles. The van der Waals surface area contributed by atoms with Crippen molar-refractivity contribution in [2.75, 3.05) is 18.0 Å². The summed E-state index contributed by atoms with van der Waals surface area (Å²) in [6.45, 7) is 1.48. The molecule has 3 rings (SSSR count). The van der Waals surface area contributed by atoms with Crippen molar-refractivity contribution in [3.63, 3.8) is 0 Å². The number of rotatable bonds is 4. The number of fused-ring (bicyclic) bond motifs is 1. The van der Waals surface area contributed by atoms with E-state index in [1.807, 2.05) is 24.3 Å². The summed E-state index contributed by atoms with van der Waals surface area (Å²) in [7, 11) is 0. The largest absolute Gasteiger partial charge is 0.411 e. The lowest BCUT2D eigenvalue weighted by atomic mass is 9.97. The summed E-state index contributed by atoms with van der Waals surface area (Å²) in [6, 6.07) is 7.99. The molecule has 21 heavy (non-hydrogen) atoms. The van der Waals surface area contributed by atoms with Crippen molar-refractivity contribution in [2.45, 2.75) is 44.6 Å². The van der Waals surface area contributed by atoms with E-state index in [0.29, 0.717) is 12.5 Å². The Labute approximate surface area is 126 Å². The van der Waals surface area contributed by atoms with Crippen molar-refractivity contribution in [1.29, 1.82) is 0 Å². The molecule has 1 saturated carbocycles. The Morgan fingerprint density at radius 2 is 2.00 bits per heavy atom. The van der Waals surface area contributed by atoms with Crippen molar-refractivity contribution in [3.8, 4) is 0 Å². The third-order valence-corrected chi connectivity index (χ3v) is 4.81. The van der Waals surface area contributed by atoms with Crippen LogP contribution in [0.15, 0.2) is 29.4 Å². The maximum Gasteiger partial charge on any atom is 0.0906 e. The van der Waals surface area contributed by atoms with Crippen LogP contribution in [-0.4, -0.2) is 35.2 Å². The van der Waals surface area contributed by atoms with Gasteiger partial charge in [-0.2, -0.15) is 0 Å². The second-order valence-electron chi connectivity index (χ2n) is 6.30. The number of β-amino-alcohol motifs (C(OH)–C–C–N with tert-alkyl or cyclic N) is 1. The van der Waals surface area contributed by atoms with E-state index in [0.717, 1.165) is 36.3 Å². The lowest BCUT2D eigenvalue weighted by molar-refractivity contribution is 0.148. The second-order valence-corrected chi connectivity index (χ2v) is 6.30. The average Bonchev–Trinajstić information content (AvgIpc) is 3.00. The summed E-state index contributed by atoms with van der Waals surface area (Å²) >= 11 is 0. The standard InChI is InChI=1S/C17H24N2O2/c20-14(11-13-5-1-2-6-13)12-19-10-9-16(18-21)15-7-3-4-8-17(15)19/h3-4,7-8,13-14,20-21H,1-2,5-6,9-12H2/b18-16-. The SMILES string of the molecule is O/N=C1/CCN(CC(O)CC2CCCC2)c2ccccc21. The first-order chi connectivity index (χ1) is 10.3. The van der Waals surface area contributed by atoms with Crippen LogP contribution in [0.1, 0.15) is 44.1 Å². The van der Waals surface area contributed by atoms with Crippen LogP contribution < -0.4 is 4.90 Å². The van der Waals surface area contributed by atoms with Crippen LogP contribution in [0.3, 0.4) is 0 Å². The van der Waals surface area contributed by atoms with E-state index < -0.39 is 0 Å². The quantitative estimate of drug-likeness (QED) is 0.661. The number of hydrogen-bond acceptors (Lipinski definition) is 4. The number of anilines is 1. The molecule has 0 aromatic heterocycles. The highest BCUT2D eigenvalue weighted by atomic mass is 16.4. The lowest BCUT2D eigenvalue weighted by Gasteiger charge is -2.33. The van der Waals surface area contributed by atoms with Crippen LogP contribution in [0.5, 0.6) is 0 Å². The summed E-state index contributed by atoms with van der Waals surface area (Å²) in [5.74, 6) is 0.703. The molecule has 2 aliphatic rings. The van der Waals surface area contributed by atoms with Gasteiger partial charge in [0.15, 0.2) is 0 Å². The van der Waals surface area contributed by atoms with E-state index in [1.54, 1.807) is 0 Å². The second kappa shape index (κ2) is 6.48. The molecule has 1 aromatic carbocycles. The highest BCUT2D eigenvalue weighted by Gasteiger charge is 2.25. The molecule has 0 saturated heterocycles. The smallest absolute Gasteiger partial charge is 0.0906 e. The van der Waals surface area contributed by atoms with Gasteiger partial charge in [-0.25, -0.2) is 0 Å². The van der Waals surface area contributed by atoms with Gasteiger partial charge in [-0.15, -0.1) is 0 Å². The lowest BCUT2D eigenvalue weighted by Crippen LogP contribution is -2.38. The highest BCUT2D eigenvalue weighted by molar-refractivity contribution is 6.06. The Balaban J connectivity index is 1.68. The number of oxime groups is 1. The summed E-state index contributed by atoms with van der Waals surface area (Å²) < 4.78 is 0. The Hall–Kier alpha value is -1.55. The molecule has 4 nitrogen and oxygen atoms in total. The Morgan fingerprint density at radius 1 is 1.24 bits per heavy atom. The number of nitrogens with zero attached hydrogens (tertiary/aromatic N) is 2. The third kappa shape index (κ3) is 3.21. The fraction of sp³-hybridized carbons (Fsp3) is 0.588. The molecule has 114 valence electrons. The average molecular weight is 288 g/mol. The molecule has 1 atom stereocenters. The van der Waals surface area contributed by atoms with E-state index in [2.05, 4.69) is 10.1 Å². The number of benzene rings is 1. The molecule has 2 N–H and O–H groups in total. The van der Waals surface area contributed by atoms with E-state index in [4.69, 9.17) is 5.21 Å². The zero-order chi connectivity index (χ0) is 14.7. The summed E-state index contributed by atoms with van der Waals surface area (Å²) in [6.07, 6.45) is 6.56. The molecule has 1 fully saturated rings. The van der Waals surface area contributed by atoms with Crippen molar-refractivity contribution in [1.82, 2.24) is 0 Å². The van der Waals surface area contributed by atoms with Gasteiger partial charge in [-0.05, 0) is 18.4 Å². The van der Waals surface area contributed by atoms with Crippen LogP contribution in [0.2, 0.25) is 0 Å². The molecule has 0 radical (unpaired) electrons. The van der Waals surface area contributed by atoms with Gasteiger partial charge >= 0.3 is 0 Å². The summed E-state index contributed by atoms with van der Waals surface area (Å²) in [5.41, 5.74) is 2.80. The van der Waals surface area contributed by atoms with E-state index in [-0.39, 0.29) is 6.10 Å². The minimum atomic E-state index is -0.270. The summed E-state index contributed by atoms with van der Waals surface area (Å²) in [5, 5.41) is 22.9. The first-order valence-corrected chi connectivity index (χ1v) is 8.01. The number of aliphatic hydroxyl groups is 1. The minimum Gasteiger partial charge on any atom is -0.411 e. The van der Waals surface area contributed by atoms with E-state index in [9.17, 15) is 5.11 Å². The maximum atomic E-state index is 10.4. The van der Waals surface area contributed by atoms with Crippen molar-refractivity contribution < 1.29 is 10.3 Å². The van der Waals surface area contributed by atoms with Crippen molar-refractivity contribution in [3.05, 3.63) is 29.8 Å². The van der Waals surface area contributed by atoms with Gasteiger partial charge in [0.05, 0.1) is 11.8 Å². The minimum absolute atomic E-state index is 0.270. The van der Waals surface area contributed by atoms with Crippen molar-refractivity contribution in [2.24, 2.45) is 11.1 Å². The normalized spacial score (nSPS) is 22.5. The molecule has 1 aliphatic heterocycles. The molecular weight excluding hydrogens is 264 g/mol. The van der Waals surface area contributed by atoms with E-state index in [1.165, 1.54) is 25.7 Å². The molecule has 0 bridgehead atoms. The number of aliphatic hydroxyl groups excluding tert-OH is 1. The van der Waals surface area contributed by atoms with E-state index >= 15 is 0 Å². The van der Waals surface area contributed by atoms with Gasteiger partial charge in [0.2, 0.25) is 0 Å².